The van der Waals surface area contributed by atoms with Gasteiger partial charge in [0.25, 0.3) is 0 Å². The molecular formula is C31H44O7S. The molecule has 0 saturated heterocycles. The molecule has 2 aromatic rings. The molecule has 8 heteroatoms. The number of hydrogen-bond acceptors (Lipinski definition) is 8. The van der Waals surface area contributed by atoms with Gasteiger partial charge < -0.3 is 24.4 Å². The first-order valence-electron chi connectivity index (χ1n) is 14.0. The van der Waals surface area contributed by atoms with Crippen LogP contribution < -0.4 is 9.47 Å². The summed E-state index contributed by atoms with van der Waals surface area (Å²) in [5.74, 6) is 1.88. The topological polar surface area (TPSA) is 102 Å². The molecule has 0 bridgehead atoms. The Morgan fingerprint density at radius 3 is 2.28 bits per heavy atom. The summed E-state index contributed by atoms with van der Waals surface area (Å²) in [7, 11) is 0. The van der Waals surface area contributed by atoms with Crippen molar-refractivity contribution in [2.75, 3.05) is 25.6 Å². The van der Waals surface area contributed by atoms with Crippen LogP contribution in [0.5, 0.6) is 17.2 Å². The predicted octanol–water partition coefficient (Wildman–Crippen LogP) is 6.84. The van der Waals surface area contributed by atoms with Crippen molar-refractivity contribution >= 4 is 23.5 Å². The molecule has 0 aliphatic rings. The average molecular weight is 561 g/mol. The number of Topliss-reactive ketones (excluding diaryl/α,β-unsaturated/α-hetero) is 1. The number of ether oxygens (including phenoxy) is 3. The number of esters is 1. The fourth-order valence-corrected chi connectivity index (χ4v) is 5.34. The minimum atomic E-state index is -0.700. The minimum Gasteiger partial charge on any atom is -0.507 e. The molecule has 0 radical (unpaired) electrons. The minimum absolute atomic E-state index is 0.0998. The van der Waals surface area contributed by atoms with E-state index in [0.29, 0.717) is 49.5 Å². The lowest BCUT2D eigenvalue weighted by molar-refractivity contribution is -0.143. The Balaban J connectivity index is 2.06. The molecule has 0 aliphatic heterocycles. The molecule has 0 heterocycles. The number of aliphatic hydroxyl groups excluding tert-OH is 1. The maximum Gasteiger partial charge on any atom is 0.305 e. The second kappa shape index (κ2) is 17.1. The number of carbonyl (C=O) groups is 2. The lowest BCUT2D eigenvalue weighted by Gasteiger charge is -2.21. The van der Waals surface area contributed by atoms with Crippen LogP contribution in [0.3, 0.4) is 0 Å². The molecule has 216 valence electrons. The monoisotopic (exact) mass is 560 g/mol. The van der Waals surface area contributed by atoms with Gasteiger partial charge >= 0.3 is 5.97 Å². The third kappa shape index (κ3) is 9.76. The molecule has 7 nitrogen and oxygen atoms in total. The number of carbonyl (C=O) groups excluding carboxylic acids is 2. The van der Waals surface area contributed by atoms with Crippen LogP contribution in [0.2, 0.25) is 0 Å². The highest BCUT2D eigenvalue weighted by Gasteiger charge is 2.19. The van der Waals surface area contributed by atoms with Gasteiger partial charge in [-0.3, -0.25) is 9.59 Å². The molecule has 0 saturated carbocycles. The zero-order valence-corrected chi connectivity index (χ0v) is 24.8. The molecule has 39 heavy (non-hydrogen) atoms. The highest BCUT2D eigenvalue weighted by Crippen LogP contribution is 2.38. The molecule has 0 fully saturated rings. The average Bonchev–Trinajstić information content (AvgIpc) is 2.89. The normalized spacial score (nSPS) is 11.7. The van der Waals surface area contributed by atoms with Gasteiger partial charge in [0.05, 0.1) is 31.5 Å². The summed E-state index contributed by atoms with van der Waals surface area (Å²) < 4.78 is 17.3. The molecule has 0 aliphatic carbocycles. The zero-order valence-electron chi connectivity index (χ0n) is 24.0. The van der Waals surface area contributed by atoms with Crippen LogP contribution in [-0.2, 0) is 22.4 Å². The number of aliphatic hydroxyl groups is 1. The SMILES string of the molecule is CCCc1c(SCCCOc2ccc(C(C)O)c(OCCCC(=O)OCC)c2CCC)ccc(C(C)=O)c1O. The van der Waals surface area contributed by atoms with E-state index < -0.39 is 6.10 Å². The quantitative estimate of drug-likeness (QED) is 0.0885. The van der Waals surface area contributed by atoms with Crippen molar-refractivity contribution < 1.29 is 34.0 Å². The summed E-state index contributed by atoms with van der Waals surface area (Å²) in [6, 6.07) is 7.35. The molecule has 2 N–H and O–H groups in total. The Labute approximate surface area is 237 Å². The lowest BCUT2D eigenvalue weighted by Crippen LogP contribution is -2.10. The first-order chi connectivity index (χ1) is 18.7. The number of thioether (sulfide) groups is 1. The van der Waals surface area contributed by atoms with E-state index in [1.165, 1.54) is 6.92 Å². The highest BCUT2D eigenvalue weighted by molar-refractivity contribution is 7.99. The molecule has 0 amide bonds. The first-order valence-corrected chi connectivity index (χ1v) is 15.0. The zero-order chi connectivity index (χ0) is 28.8. The summed E-state index contributed by atoms with van der Waals surface area (Å²) >= 11 is 1.65. The Morgan fingerprint density at radius 2 is 1.64 bits per heavy atom. The maximum atomic E-state index is 11.8. The molecule has 0 spiro atoms. The molecule has 2 rings (SSSR count). The van der Waals surface area contributed by atoms with Crippen molar-refractivity contribution in [1.82, 2.24) is 0 Å². The number of benzene rings is 2. The van der Waals surface area contributed by atoms with Gasteiger partial charge in [-0.05, 0) is 70.7 Å². The van der Waals surface area contributed by atoms with Crippen LogP contribution in [0.1, 0.15) is 99.9 Å². The number of hydrogen-bond donors (Lipinski definition) is 2. The summed E-state index contributed by atoms with van der Waals surface area (Å²) in [6.45, 7) is 10.3. The van der Waals surface area contributed by atoms with Crippen molar-refractivity contribution in [3.8, 4) is 17.2 Å². The number of aromatic hydroxyl groups is 1. The van der Waals surface area contributed by atoms with Gasteiger partial charge in [0.15, 0.2) is 5.78 Å². The molecular weight excluding hydrogens is 516 g/mol. The smallest absolute Gasteiger partial charge is 0.305 e. The summed E-state index contributed by atoms with van der Waals surface area (Å²) in [4.78, 5) is 24.5. The second-order valence-corrected chi connectivity index (χ2v) is 10.6. The van der Waals surface area contributed by atoms with E-state index in [2.05, 4.69) is 13.8 Å². The largest absolute Gasteiger partial charge is 0.507 e. The first kappa shape index (κ1) is 32.5. The van der Waals surface area contributed by atoms with Gasteiger partial charge in [0.1, 0.15) is 17.2 Å². The van der Waals surface area contributed by atoms with E-state index in [1.54, 1.807) is 31.7 Å². The Bertz CT molecular complexity index is 1080. The fourth-order valence-electron chi connectivity index (χ4n) is 4.33. The number of ketones is 1. The third-order valence-electron chi connectivity index (χ3n) is 6.20. The molecule has 1 atom stereocenters. The van der Waals surface area contributed by atoms with Crippen molar-refractivity contribution in [1.29, 1.82) is 0 Å². The highest BCUT2D eigenvalue weighted by atomic mass is 32.2. The maximum absolute atomic E-state index is 11.8. The molecule has 1 unspecified atom stereocenters. The van der Waals surface area contributed by atoms with Crippen LogP contribution in [0.4, 0.5) is 0 Å². The second-order valence-electron chi connectivity index (χ2n) is 9.44. The van der Waals surface area contributed by atoms with Gasteiger partial charge in [0, 0.05) is 33.8 Å². The third-order valence-corrected chi connectivity index (χ3v) is 7.38. The Hall–Kier alpha value is -2.71. The summed E-state index contributed by atoms with van der Waals surface area (Å²) in [5, 5.41) is 21.0. The van der Waals surface area contributed by atoms with E-state index in [9.17, 15) is 19.8 Å². The van der Waals surface area contributed by atoms with E-state index in [1.807, 2.05) is 18.2 Å². The van der Waals surface area contributed by atoms with Crippen LogP contribution >= 0.6 is 11.8 Å². The number of rotatable bonds is 18. The lowest BCUT2D eigenvalue weighted by atomic mass is 10.0. The Kier molecular flexibility index (Phi) is 14.2. The fraction of sp³-hybridized carbons (Fsp3) is 0.548. The number of phenolic OH excluding ortho intramolecular Hbond substituents is 1. The van der Waals surface area contributed by atoms with Crippen LogP contribution in [0.25, 0.3) is 0 Å². The van der Waals surface area contributed by atoms with Crippen molar-refractivity contribution in [2.45, 2.75) is 90.6 Å². The standard InChI is InChI=1S/C31H44O7S/c1-6-11-25-27(16-14-24(22(5)33)31(25)38-18-9-13-29(34)36-8-3)37-19-10-20-39-28-17-15-23(21(4)32)30(35)26(28)12-7-2/h14-17,22,33,35H,6-13,18-20H2,1-5H3. The van der Waals surface area contributed by atoms with Gasteiger partial charge in [-0.15, -0.1) is 11.8 Å². The van der Waals surface area contributed by atoms with Crippen molar-refractivity contribution in [3.63, 3.8) is 0 Å². The van der Waals surface area contributed by atoms with Crippen LogP contribution in [0, 0.1) is 0 Å². The van der Waals surface area contributed by atoms with Gasteiger partial charge in [-0.2, -0.15) is 0 Å². The van der Waals surface area contributed by atoms with E-state index >= 15 is 0 Å². The van der Waals surface area contributed by atoms with Crippen LogP contribution in [0.15, 0.2) is 29.2 Å². The van der Waals surface area contributed by atoms with Crippen LogP contribution in [-0.4, -0.2) is 47.5 Å². The van der Waals surface area contributed by atoms with E-state index in [4.69, 9.17) is 14.2 Å². The van der Waals surface area contributed by atoms with Gasteiger partial charge in [-0.25, -0.2) is 0 Å². The Morgan fingerprint density at radius 1 is 0.949 bits per heavy atom. The van der Waals surface area contributed by atoms with E-state index in [0.717, 1.165) is 53.2 Å². The van der Waals surface area contributed by atoms with E-state index in [-0.39, 0.29) is 23.9 Å². The summed E-state index contributed by atoms with van der Waals surface area (Å²) in [6.07, 6.45) is 4.10. The predicted molar refractivity (Wildman–Crippen MR) is 155 cm³/mol. The van der Waals surface area contributed by atoms with Crippen molar-refractivity contribution in [2.24, 2.45) is 0 Å². The number of phenols is 1. The molecule has 2 aromatic carbocycles. The van der Waals surface area contributed by atoms with Crippen molar-refractivity contribution in [3.05, 3.63) is 46.5 Å². The van der Waals surface area contributed by atoms with Gasteiger partial charge in [0.2, 0.25) is 0 Å². The summed E-state index contributed by atoms with van der Waals surface area (Å²) in [5.41, 5.74) is 2.83. The molecule has 0 aromatic heterocycles. The van der Waals surface area contributed by atoms with Gasteiger partial charge in [-0.1, -0.05) is 26.7 Å².